The van der Waals surface area contributed by atoms with E-state index in [9.17, 15) is 0 Å². The fourth-order valence-electron chi connectivity index (χ4n) is 4.41. The van der Waals surface area contributed by atoms with E-state index < -0.39 is 0 Å². The van der Waals surface area contributed by atoms with Gasteiger partial charge in [-0.1, -0.05) is 142 Å². The van der Waals surface area contributed by atoms with Crippen molar-refractivity contribution in [1.82, 2.24) is 0 Å². The topological polar surface area (TPSA) is 3.24 Å². The summed E-state index contributed by atoms with van der Waals surface area (Å²) in [6.45, 7) is 15.8. The number of nitrogens with zero attached hydrogens (tertiary/aromatic N) is 1. The van der Waals surface area contributed by atoms with Crippen molar-refractivity contribution in [3.05, 3.63) is 180 Å². The van der Waals surface area contributed by atoms with E-state index in [1.807, 2.05) is 88.4 Å². The van der Waals surface area contributed by atoms with Crippen molar-refractivity contribution >= 4 is 11.3 Å². The first kappa shape index (κ1) is 38.8. The molecule has 0 heterocycles. The first-order valence-electron chi connectivity index (χ1n) is 16.1. The molecule has 1 aliphatic carbocycles. The van der Waals surface area contributed by atoms with Gasteiger partial charge in [-0.25, -0.2) is 0 Å². The van der Waals surface area contributed by atoms with Crippen LogP contribution < -0.4 is 4.90 Å². The minimum absolute atomic E-state index is 0.954. The van der Waals surface area contributed by atoms with Gasteiger partial charge in [-0.3, -0.25) is 0 Å². The van der Waals surface area contributed by atoms with Crippen molar-refractivity contribution in [1.29, 1.82) is 0 Å². The van der Waals surface area contributed by atoms with Gasteiger partial charge in [0, 0.05) is 23.0 Å². The van der Waals surface area contributed by atoms with Crippen LogP contribution in [0.25, 0.3) is 5.57 Å². The molecule has 0 atom stereocenters. The zero-order chi connectivity index (χ0) is 34.0. The Morgan fingerprint density at radius 1 is 0.848 bits per heavy atom. The molecule has 0 saturated carbocycles. The molecule has 4 rings (SSSR count). The Hall–Kier alpha value is -5.24. The lowest BCUT2D eigenvalue weighted by Gasteiger charge is -2.30. The van der Waals surface area contributed by atoms with Gasteiger partial charge in [-0.15, -0.1) is 12.8 Å². The van der Waals surface area contributed by atoms with Crippen LogP contribution in [0.4, 0.5) is 5.69 Å². The van der Waals surface area contributed by atoms with E-state index in [1.165, 1.54) is 28.0 Å². The van der Waals surface area contributed by atoms with Crippen LogP contribution in [0.1, 0.15) is 69.2 Å². The Bertz CT molecular complexity index is 1570. The van der Waals surface area contributed by atoms with E-state index in [-0.39, 0.29) is 0 Å². The molecular formula is C45H51N. The van der Waals surface area contributed by atoms with Crippen LogP contribution in [0.2, 0.25) is 0 Å². The predicted octanol–water partition coefficient (Wildman–Crippen LogP) is 12.4. The van der Waals surface area contributed by atoms with Crippen LogP contribution in [0, 0.1) is 38.5 Å². The van der Waals surface area contributed by atoms with Gasteiger partial charge in [-0.05, 0) is 93.2 Å². The summed E-state index contributed by atoms with van der Waals surface area (Å²) < 4.78 is 0. The Balaban J connectivity index is 0.000000455. The maximum absolute atomic E-state index is 5.60. The molecule has 0 saturated heterocycles. The molecule has 46 heavy (non-hydrogen) atoms. The van der Waals surface area contributed by atoms with Crippen LogP contribution in [0.5, 0.6) is 0 Å². The van der Waals surface area contributed by atoms with E-state index in [4.69, 9.17) is 12.8 Å². The average molecular weight is 606 g/mol. The zero-order valence-electron chi connectivity index (χ0n) is 28.7. The summed E-state index contributed by atoms with van der Waals surface area (Å²) in [4.78, 5) is 2.25. The van der Waals surface area contributed by atoms with Crippen molar-refractivity contribution < 1.29 is 0 Å². The third-order valence-electron chi connectivity index (χ3n) is 6.59. The van der Waals surface area contributed by atoms with E-state index in [0.29, 0.717) is 0 Å². The van der Waals surface area contributed by atoms with E-state index in [1.54, 1.807) is 6.08 Å². The summed E-state index contributed by atoms with van der Waals surface area (Å²) in [5.41, 5.74) is 9.50. The molecule has 0 amide bonds. The zero-order valence-corrected chi connectivity index (χ0v) is 28.7. The van der Waals surface area contributed by atoms with Gasteiger partial charge in [0.1, 0.15) is 0 Å². The molecule has 1 nitrogen and oxygen atoms in total. The first-order chi connectivity index (χ1) is 22.5. The van der Waals surface area contributed by atoms with E-state index in [0.717, 1.165) is 36.2 Å². The Kier molecular flexibility index (Phi) is 20.3. The molecule has 0 radical (unpaired) electrons. The SMILES string of the molecule is C#C/C=C(\C=C/C)N(C1=CC=C(c2ccc(C)cc2)CC1)c1ccccc1.C#Cc1cccc(C)c1.C=C/C=C\C=C/CC.CC. The van der Waals surface area contributed by atoms with Crippen LogP contribution in [0.3, 0.4) is 0 Å². The number of aryl methyl sites for hydroxylation is 2. The fourth-order valence-corrected chi connectivity index (χ4v) is 4.41. The number of terminal acetylenes is 2. The maximum atomic E-state index is 5.60. The molecule has 0 aliphatic heterocycles. The molecule has 3 aromatic rings. The summed E-state index contributed by atoms with van der Waals surface area (Å²) in [6, 6.07) is 27.0. The summed E-state index contributed by atoms with van der Waals surface area (Å²) in [5.74, 6) is 5.25. The second-order valence-electron chi connectivity index (χ2n) is 10.1. The van der Waals surface area contributed by atoms with Crippen LogP contribution in [-0.4, -0.2) is 0 Å². The third-order valence-corrected chi connectivity index (χ3v) is 6.59. The number of anilines is 1. The van der Waals surface area contributed by atoms with Gasteiger partial charge >= 0.3 is 0 Å². The molecule has 0 unspecified atom stereocenters. The molecule has 0 fully saturated rings. The molecule has 0 N–H and O–H groups in total. The van der Waals surface area contributed by atoms with Crippen LogP contribution in [0.15, 0.2) is 158 Å². The van der Waals surface area contributed by atoms with E-state index in [2.05, 4.69) is 110 Å². The normalized spacial score (nSPS) is 12.2. The summed E-state index contributed by atoms with van der Waals surface area (Å²) >= 11 is 0. The van der Waals surface area contributed by atoms with Crippen molar-refractivity contribution in [2.75, 3.05) is 4.90 Å². The fraction of sp³-hybridized carbons (Fsp3) is 0.200. The smallest absolute Gasteiger partial charge is 0.0538 e. The highest BCUT2D eigenvalue weighted by atomic mass is 15.2. The molecule has 236 valence electrons. The van der Waals surface area contributed by atoms with Crippen molar-refractivity contribution in [2.24, 2.45) is 0 Å². The second-order valence-corrected chi connectivity index (χ2v) is 10.1. The standard InChI is InChI=1S/C26H25N.C9H8.C8H12.C2H6/c1-4-9-24(10-5-2)27(25-11-7-6-8-12-25)26-19-17-23(18-20-26)22-15-13-21(3)14-16-22;1-3-9-6-4-5-8(2)7-9;1-3-5-7-8-6-4-2;1-2/h1,5-17,19H,18,20H2,2-3H3;1,4-7H,2H3;3,5-8H,1,4H2,2H3;1-2H3/b10-5-,24-9+;;7-5-,8-6-;. The Morgan fingerprint density at radius 2 is 1.57 bits per heavy atom. The minimum atomic E-state index is 0.954. The van der Waals surface area contributed by atoms with E-state index >= 15 is 0 Å². The lowest BCUT2D eigenvalue weighted by molar-refractivity contribution is 0.912. The third kappa shape index (κ3) is 14.5. The largest absolute Gasteiger partial charge is 0.314 e. The van der Waals surface area contributed by atoms with Gasteiger partial charge in [0.25, 0.3) is 0 Å². The molecular weight excluding hydrogens is 555 g/mol. The second kappa shape index (κ2) is 24.1. The van der Waals surface area contributed by atoms with Crippen molar-refractivity contribution in [3.63, 3.8) is 0 Å². The molecule has 0 bridgehead atoms. The first-order valence-corrected chi connectivity index (χ1v) is 16.1. The number of hydrogen-bond donors (Lipinski definition) is 0. The van der Waals surface area contributed by atoms with Gasteiger partial charge < -0.3 is 4.90 Å². The number of hydrogen-bond acceptors (Lipinski definition) is 1. The lowest BCUT2D eigenvalue weighted by Crippen LogP contribution is -2.22. The average Bonchev–Trinajstić information content (AvgIpc) is 3.10. The number of rotatable bonds is 8. The lowest BCUT2D eigenvalue weighted by atomic mass is 9.94. The molecule has 1 heteroatoms. The Morgan fingerprint density at radius 3 is 2.09 bits per heavy atom. The van der Waals surface area contributed by atoms with Gasteiger partial charge in [0.2, 0.25) is 0 Å². The van der Waals surface area contributed by atoms with Crippen molar-refractivity contribution in [3.8, 4) is 24.7 Å². The Labute approximate surface area is 280 Å². The summed E-state index contributed by atoms with van der Waals surface area (Å²) in [5, 5.41) is 0. The van der Waals surface area contributed by atoms with Crippen LogP contribution >= 0.6 is 0 Å². The molecule has 0 aromatic heterocycles. The number of allylic oxidation sites excluding steroid dienone is 12. The van der Waals surface area contributed by atoms with Gasteiger partial charge in [0.15, 0.2) is 0 Å². The highest BCUT2D eigenvalue weighted by Crippen LogP contribution is 2.33. The predicted molar refractivity (Wildman–Crippen MR) is 206 cm³/mol. The summed E-state index contributed by atoms with van der Waals surface area (Å²) in [6.07, 6.45) is 34.0. The number of benzene rings is 3. The van der Waals surface area contributed by atoms with Gasteiger partial charge in [-0.2, -0.15) is 0 Å². The molecule has 1 aliphatic rings. The monoisotopic (exact) mass is 605 g/mol. The highest BCUT2D eigenvalue weighted by molar-refractivity contribution is 5.71. The highest BCUT2D eigenvalue weighted by Gasteiger charge is 2.18. The minimum Gasteiger partial charge on any atom is -0.314 e. The van der Waals surface area contributed by atoms with Gasteiger partial charge in [0.05, 0.1) is 5.70 Å². The van der Waals surface area contributed by atoms with Crippen LogP contribution in [-0.2, 0) is 0 Å². The molecule has 0 spiro atoms. The quantitative estimate of drug-likeness (QED) is 0.182. The van der Waals surface area contributed by atoms with Crippen molar-refractivity contribution in [2.45, 2.75) is 60.8 Å². The number of para-hydroxylation sites is 1. The maximum Gasteiger partial charge on any atom is 0.0538 e. The summed E-state index contributed by atoms with van der Waals surface area (Å²) in [7, 11) is 0. The molecule has 3 aromatic carbocycles.